The van der Waals surface area contributed by atoms with Crippen LogP contribution in [0.15, 0.2) is 47.4 Å². The van der Waals surface area contributed by atoms with Crippen LogP contribution in [0.5, 0.6) is 0 Å². The van der Waals surface area contributed by atoms with Crippen molar-refractivity contribution in [3.63, 3.8) is 0 Å². The Morgan fingerprint density at radius 2 is 1.93 bits per heavy atom. The van der Waals surface area contributed by atoms with Crippen molar-refractivity contribution in [3.05, 3.63) is 57.8 Å². The summed E-state index contributed by atoms with van der Waals surface area (Å²) < 4.78 is 62.5. The zero-order valence-corrected chi connectivity index (χ0v) is 16.2. The average Bonchev–Trinajstić information content (AvgIpc) is 3.12. The van der Waals surface area contributed by atoms with Gasteiger partial charge in [-0.25, -0.2) is 0 Å². The van der Waals surface area contributed by atoms with Gasteiger partial charge < -0.3 is 4.90 Å². The molecule has 5 nitrogen and oxygen atoms in total. The van der Waals surface area contributed by atoms with Crippen LogP contribution in [0, 0.1) is 0 Å². The molecule has 1 aromatic heterocycles. The van der Waals surface area contributed by atoms with Crippen molar-refractivity contribution in [2.75, 3.05) is 11.3 Å². The highest BCUT2D eigenvalue weighted by Gasteiger charge is 2.46. The number of carbonyl (C=O) groups excluding carboxylic acids is 1. The van der Waals surface area contributed by atoms with Crippen LogP contribution in [0.1, 0.15) is 23.3 Å². The van der Waals surface area contributed by atoms with Crippen molar-refractivity contribution < 1.29 is 26.4 Å². The molecular weight excluding hydrogens is 413 g/mol. The Labute approximate surface area is 164 Å². The molecule has 0 spiro atoms. The number of benzene rings is 1. The zero-order valence-electron chi connectivity index (χ0n) is 14.6. The lowest BCUT2D eigenvalue weighted by atomic mass is 10.0. The Morgan fingerprint density at radius 3 is 2.61 bits per heavy atom. The minimum Gasteiger partial charge on any atom is -0.335 e. The van der Waals surface area contributed by atoms with Crippen LogP contribution in [-0.4, -0.2) is 31.3 Å². The molecule has 1 fully saturated rings. The number of anilines is 1. The van der Waals surface area contributed by atoms with Crippen LogP contribution >= 0.6 is 11.3 Å². The SMILES string of the molecule is O=C1/C(=C\c2cccs2)CCCN1Cc1ccccc1NS(=O)(=O)C(F)(F)F. The first-order valence-electron chi connectivity index (χ1n) is 8.38. The van der Waals surface area contributed by atoms with Crippen molar-refractivity contribution >= 4 is 39.0 Å². The maximum atomic E-state index is 12.8. The molecule has 1 amide bonds. The highest BCUT2D eigenvalue weighted by Crippen LogP contribution is 2.29. The Kier molecular flexibility index (Phi) is 5.80. The Hall–Kier alpha value is -2.33. The van der Waals surface area contributed by atoms with E-state index < -0.39 is 15.5 Å². The molecule has 0 atom stereocenters. The molecular formula is C18H17F3N2O3S2. The summed E-state index contributed by atoms with van der Waals surface area (Å²) in [4.78, 5) is 15.2. The lowest BCUT2D eigenvalue weighted by molar-refractivity contribution is -0.129. The molecule has 0 bridgehead atoms. The zero-order chi connectivity index (χ0) is 20.4. The summed E-state index contributed by atoms with van der Waals surface area (Å²) in [6, 6.07) is 9.53. The molecule has 1 saturated heterocycles. The maximum Gasteiger partial charge on any atom is 0.516 e. The molecule has 0 radical (unpaired) electrons. The summed E-state index contributed by atoms with van der Waals surface area (Å²) in [6.45, 7) is 0.456. The third-order valence-corrected chi connectivity index (χ3v) is 6.14. The summed E-state index contributed by atoms with van der Waals surface area (Å²) in [5.74, 6) is -0.201. The third-order valence-electron chi connectivity index (χ3n) is 4.22. The molecule has 2 heterocycles. The fourth-order valence-corrected chi connectivity index (χ4v) is 4.15. The summed E-state index contributed by atoms with van der Waals surface area (Å²) in [6.07, 6.45) is 3.16. The number of amides is 1. The maximum absolute atomic E-state index is 12.8. The van der Waals surface area contributed by atoms with Gasteiger partial charge in [0.1, 0.15) is 0 Å². The molecule has 1 aliphatic heterocycles. The highest BCUT2D eigenvalue weighted by atomic mass is 32.2. The van der Waals surface area contributed by atoms with E-state index in [4.69, 9.17) is 0 Å². The van der Waals surface area contributed by atoms with E-state index in [0.29, 0.717) is 24.1 Å². The van der Waals surface area contributed by atoms with E-state index in [2.05, 4.69) is 0 Å². The molecule has 0 aliphatic carbocycles. The molecule has 2 aromatic rings. The van der Waals surface area contributed by atoms with Gasteiger partial charge in [0.15, 0.2) is 0 Å². The van der Waals surface area contributed by atoms with Crippen LogP contribution in [0.2, 0.25) is 0 Å². The third kappa shape index (κ3) is 4.56. The minimum absolute atomic E-state index is 0.0111. The molecule has 150 valence electrons. The standard InChI is InChI=1S/C18H17F3N2O3S2/c19-18(20,21)28(25,26)22-16-8-2-1-5-14(16)12-23-9-3-6-13(17(23)24)11-15-7-4-10-27-15/h1-2,4-5,7-8,10-11,22H,3,6,9,12H2/b13-11-. The smallest absolute Gasteiger partial charge is 0.335 e. The van der Waals surface area contributed by atoms with E-state index in [1.165, 1.54) is 34.4 Å². The normalized spacial score (nSPS) is 17.2. The van der Waals surface area contributed by atoms with E-state index in [1.54, 1.807) is 10.8 Å². The number of carbonyl (C=O) groups is 1. The van der Waals surface area contributed by atoms with Crippen LogP contribution < -0.4 is 4.72 Å². The molecule has 3 rings (SSSR count). The Bertz CT molecular complexity index is 984. The van der Waals surface area contributed by atoms with Crippen LogP contribution in [0.3, 0.4) is 0 Å². The van der Waals surface area contributed by atoms with Gasteiger partial charge in [-0.1, -0.05) is 24.3 Å². The van der Waals surface area contributed by atoms with E-state index in [-0.39, 0.29) is 18.1 Å². The molecule has 0 unspecified atom stereocenters. The van der Waals surface area contributed by atoms with Gasteiger partial charge in [0, 0.05) is 23.5 Å². The van der Waals surface area contributed by atoms with Gasteiger partial charge in [-0.2, -0.15) is 21.6 Å². The van der Waals surface area contributed by atoms with Gasteiger partial charge >= 0.3 is 15.5 Å². The number of nitrogens with zero attached hydrogens (tertiary/aromatic N) is 1. The quantitative estimate of drug-likeness (QED) is 0.723. The number of para-hydroxylation sites is 1. The first-order chi connectivity index (χ1) is 13.2. The average molecular weight is 430 g/mol. The minimum atomic E-state index is -5.54. The van der Waals surface area contributed by atoms with Gasteiger partial charge in [-0.3, -0.25) is 9.52 Å². The first-order valence-corrected chi connectivity index (χ1v) is 10.7. The van der Waals surface area contributed by atoms with E-state index >= 15 is 0 Å². The fraction of sp³-hybridized carbons (Fsp3) is 0.278. The van der Waals surface area contributed by atoms with Crippen LogP contribution in [0.4, 0.5) is 18.9 Å². The number of hydrogen-bond donors (Lipinski definition) is 1. The second kappa shape index (κ2) is 7.96. The summed E-state index contributed by atoms with van der Waals surface area (Å²) in [7, 11) is -5.54. The predicted octanol–water partition coefficient (Wildman–Crippen LogP) is 4.22. The molecule has 10 heteroatoms. The summed E-state index contributed by atoms with van der Waals surface area (Å²) >= 11 is 1.50. The molecule has 1 aliphatic rings. The van der Waals surface area contributed by atoms with E-state index in [1.807, 2.05) is 23.6 Å². The van der Waals surface area contributed by atoms with Crippen molar-refractivity contribution in [1.82, 2.24) is 4.90 Å². The van der Waals surface area contributed by atoms with Crippen LogP contribution in [-0.2, 0) is 21.4 Å². The lowest BCUT2D eigenvalue weighted by Crippen LogP contribution is -2.37. The fourth-order valence-electron chi connectivity index (χ4n) is 2.87. The Morgan fingerprint density at radius 1 is 1.18 bits per heavy atom. The number of nitrogens with one attached hydrogen (secondary N) is 1. The molecule has 1 aromatic carbocycles. The van der Waals surface area contributed by atoms with Gasteiger partial charge in [0.2, 0.25) is 5.91 Å². The van der Waals surface area contributed by atoms with Crippen molar-refractivity contribution in [2.24, 2.45) is 0 Å². The predicted molar refractivity (Wildman–Crippen MR) is 102 cm³/mol. The number of piperidine rings is 1. The molecule has 0 saturated carbocycles. The number of halogens is 3. The molecule has 28 heavy (non-hydrogen) atoms. The number of thiophene rings is 1. The number of rotatable bonds is 5. The number of likely N-dealkylation sites (tertiary alicyclic amines) is 1. The number of sulfonamides is 1. The largest absolute Gasteiger partial charge is 0.516 e. The van der Waals surface area contributed by atoms with E-state index in [9.17, 15) is 26.4 Å². The first kappa shape index (κ1) is 20.4. The van der Waals surface area contributed by atoms with Crippen molar-refractivity contribution in [1.29, 1.82) is 0 Å². The van der Waals surface area contributed by atoms with Crippen molar-refractivity contribution in [2.45, 2.75) is 24.9 Å². The van der Waals surface area contributed by atoms with Crippen LogP contribution in [0.25, 0.3) is 6.08 Å². The summed E-state index contributed by atoms with van der Waals surface area (Å²) in [5.41, 5.74) is -4.69. The molecule has 1 N–H and O–H groups in total. The van der Waals surface area contributed by atoms with Crippen molar-refractivity contribution in [3.8, 4) is 0 Å². The second-order valence-corrected chi connectivity index (χ2v) is 8.88. The van der Waals surface area contributed by atoms with E-state index in [0.717, 1.165) is 11.3 Å². The van der Waals surface area contributed by atoms with Gasteiger partial charge in [0.05, 0.1) is 5.69 Å². The number of alkyl halides is 3. The highest BCUT2D eigenvalue weighted by molar-refractivity contribution is 7.93. The van der Waals surface area contributed by atoms with Gasteiger partial charge in [0.25, 0.3) is 0 Å². The monoisotopic (exact) mass is 430 g/mol. The summed E-state index contributed by atoms with van der Waals surface area (Å²) in [5, 5.41) is 1.90. The number of hydrogen-bond acceptors (Lipinski definition) is 4. The second-order valence-electron chi connectivity index (χ2n) is 6.22. The topological polar surface area (TPSA) is 66.5 Å². The Balaban J connectivity index is 1.81. The van der Waals surface area contributed by atoms with Gasteiger partial charge in [-0.15, -0.1) is 11.3 Å². The van der Waals surface area contributed by atoms with Gasteiger partial charge in [-0.05, 0) is 42.0 Å². The lowest BCUT2D eigenvalue weighted by Gasteiger charge is -2.29.